The first kappa shape index (κ1) is 17.1. The van der Waals surface area contributed by atoms with Crippen molar-refractivity contribution in [1.82, 2.24) is 5.32 Å². The first-order valence-corrected chi connectivity index (χ1v) is 6.81. The van der Waals surface area contributed by atoms with Crippen LogP contribution in [-0.4, -0.2) is 40.3 Å². The summed E-state index contributed by atoms with van der Waals surface area (Å²) in [5.74, 6) is -1.51. The lowest BCUT2D eigenvalue weighted by Gasteiger charge is -2.22. The van der Waals surface area contributed by atoms with E-state index in [1.165, 1.54) is 6.92 Å². The number of amides is 1. The molecule has 0 aliphatic heterocycles. The molecule has 5 N–H and O–H groups in total. The molecule has 0 aliphatic rings. The molecule has 0 radical (unpaired) electrons. The van der Waals surface area contributed by atoms with Gasteiger partial charge in [0.2, 0.25) is 5.91 Å². The lowest BCUT2D eigenvalue weighted by atomic mass is 10.0. The Morgan fingerprint density at radius 3 is 2.52 bits per heavy atom. The Bertz CT molecular complexity index is 474. The van der Waals surface area contributed by atoms with E-state index < -0.39 is 29.9 Å². The molecule has 0 heterocycles. The third-order valence-electron chi connectivity index (χ3n) is 3.10. The highest BCUT2D eigenvalue weighted by Crippen LogP contribution is 2.08. The Morgan fingerprint density at radius 2 is 1.95 bits per heavy atom. The van der Waals surface area contributed by atoms with E-state index in [4.69, 9.17) is 10.8 Å². The molecule has 116 valence electrons. The van der Waals surface area contributed by atoms with Crippen molar-refractivity contribution in [3.63, 3.8) is 0 Å². The Labute approximate surface area is 124 Å². The molecule has 1 amide bonds. The SMILES string of the molecule is CC(O)(CNC(=O)C(N)CCc1ccccc1)CC(=O)O. The zero-order chi connectivity index (χ0) is 15.9. The normalized spacial score (nSPS) is 15.0. The topological polar surface area (TPSA) is 113 Å². The molecule has 6 heteroatoms. The molecule has 0 spiro atoms. The molecule has 0 fully saturated rings. The molecule has 2 atom stereocenters. The summed E-state index contributed by atoms with van der Waals surface area (Å²) in [6.07, 6.45) is 0.727. The van der Waals surface area contributed by atoms with Crippen LogP contribution in [0.2, 0.25) is 0 Å². The zero-order valence-electron chi connectivity index (χ0n) is 12.1. The molecule has 2 unspecified atom stereocenters. The molecule has 6 nitrogen and oxygen atoms in total. The van der Waals surface area contributed by atoms with Crippen molar-refractivity contribution < 1.29 is 19.8 Å². The van der Waals surface area contributed by atoms with Crippen LogP contribution >= 0.6 is 0 Å². The lowest BCUT2D eigenvalue weighted by Crippen LogP contribution is -2.47. The van der Waals surface area contributed by atoms with Crippen LogP contribution < -0.4 is 11.1 Å². The van der Waals surface area contributed by atoms with E-state index >= 15 is 0 Å². The fourth-order valence-electron chi connectivity index (χ4n) is 1.89. The number of rotatable bonds is 8. The number of hydrogen-bond acceptors (Lipinski definition) is 4. The maximum Gasteiger partial charge on any atom is 0.306 e. The summed E-state index contributed by atoms with van der Waals surface area (Å²) in [6, 6.07) is 8.99. The maximum absolute atomic E-state index is 11.8. The monoisotopic (exact) mass is 294 g/mol. The number of carbonyl (C=O) groups excluding carboxylic acids is 1. The number of nitrogens with two attached hydrogens (primary N) is 1. The second-order valence-electron chi connectivity index (χ2n) is 5.42. The number of carboxylic acid groups (broad SMARTS) is 1. The summed E-state index contributed by atoms with van der Waals surface area (Å²) in [5.41, 5.74) is 5.40. The van der Waals surface area contributed by atoms with Crippen LogP contribution in [0.25, 0.3) is 0 Å². The third-order valence-corrected chi connectivity index (χ3v) is 3.10. The van der Waals surface area contributed by atoms with E-state index in [-0.39, 0.29) is 6.54 Å². The standard InChI is InChI=1S/C15H22N2O4/c1-15(21,9-13(18)19)10-17-14(20)12(16)8-7-11-5-3-2-4-6-11/h2-6,12,21H,7-10,16H2,1H3,(H,17,20)(H,18,19). The summed E-state index contributed by atoms with van der Waals surface area (Å²) in [5, 5.41) is 20.9. The Hall–Kier alpha value is -1.92. The molecule has 1 aromatic rings. The zero-order valence-corrected chi connectivity index (χ0v) is 12.1. The third kappa shape index (κ3) is 6.87. The Balaban J connectivity index is 2.36. The molecular formula is C15H22N2O4. The summed E-state index contributed by atoms with van der Waals surface area (Å²) in [7, 11) is 0. The predicted molar refractivity (Wildman–Crippen MR) is 78.6 cm³/mol. The van der Waals surface area contributed by atoms with E-state index in [0.717, 1.165) is 5.56 Å². The van der Waals surface area contributed by atoms with Gasteiger partial charge in [0.25, 0.3) is 0 Å². The van der Waals surface area contributed by atoms with E-state index in [0.29, 0.717) is 12.8 Å². The van der Waals surface area contributed by atoms with Crippen LogP contribution in [-0.2, 0) is 16.0 Å². The quantitative estimate of drug-likeness (QED) is 0.550. The summed E-state index contributed by atoms with van der Waals surface area (Å²) >= 11 is 0. The fraction of sp³-hybridized carbons (Fsp3) is 0.467. The van der Waals surface area contributed by atoms with Crippen molar-refractivity contribution in [2.24, 2.45) is 5.73 Å². The van der Waals surface area contributed by atoms with Crippen molar-refractivity contribution in [2.75, 3.05) is 6.54 Å². The van der Waals surface area contributed by atoms with Gasteiger partial charge < -0.3 is 21.3 Å². The average molecular weight is 294 g/mol. The van der Waals surface area contributed by atoms with E-state index in [1.807, 2.05) is 30.3 Å². The molecule has 21 heavy (non-hydrogen) atoms. The van der Waals surface area contributed by atoms with Gasteiger partial charge in [-0.15, -0.1) is 0 Å². The molecule has 1 rings (SSSR count). The highest BCUT2D eigenvalue weighted by atomic mass is 16.4. The van der Waals surface area contributed by atoms with Crippen LogP contribution in [0, 0.1) is 0 Å². The van der Waals surface area contributed by atoms with Crippen LogP contribution in [0.5, 0.6) is 0 Å². The number of carbonyl (C=O) groups is 2. The predicted octanol–water partition coefficient (Wildman–Crippen LogP) is 0.288. The van der Waals surface area contributed by atoms with Crippen molar-refractivity contribution in [2.45, 2.75) is 37.8 Å². The van der Waals surface area contributed by atoms with E-state index in [1.54, 1.807) is 0 Å². The number of aliphatic hydroxyl groups is 1. The Kier molecular flexibility index (Phi) is 6.33. The van der Waals surface area contributed by atoms with Crippen molar-refractivity contribution in [3.8, 4) is 0 Å². The van der Waals surface area contributed by atoms with E-state index in [9.17, 15) is 14.7 Å². The van der Waals surface area contributed by atoms with Gasteiger partial charge >= 0.3 is 5.97 Å². The first-order chi connectivity index (χ1) is 9.80. The number of carboxylic acids is 1. The fourth-order valence-corrected chi connectivity index (χ4v) is 1.89. The van der Waals surface area contributed by atoms with Crippen LogP contribution in [0.15, 0.2) is 30.3 Å². The first-order valence-electron chi connectivity index (χ1n) is 6.81. The van der Waals surface area contributed by atoms with Crippen molar-refractivity contribution >= 4 is 11.9 Å². The van der Waals surface area contributed by atoms with Gasteiger partial charge in [-0.2, -0.15) is 0 Å². The van der Waals surface area contributed by atoms with Gasteiger partial charge in [-0.3, -0.25) is 9.59 Å². The van der Waals surface area contributed by atoms with E-state index in [2.05, 4.69) is 5.32 Å². The largest absolute Gasteiger partial charge is 0.481 e. The number of hydrogen-bond donors (Lipinski definition) is 4. The highest BCUT2D eigenvalue weighted by Gasteiger charge is 2.25. The maximum atomic E-state index is 11.8. The number of nitrogens with one attached hydrogen (secondary N) is 1. The smallest absolute Gasteiger partial charge is 0.306 e. The average Bonchev–Trinajstić information content (AvgIpc) is 2.42. The van der Waals surface area contributed by atoms with Gasteiger partial charge in [0, 0.05) is 6.54 Å². The molecule has 1 aromatic carbocycles. The van der Waals surface area contributed by atoms with Crippen LogP contribution in [0.1, 0.15) is 25.3 Å². The second-order valence-corrected chi connectivity index (χ2v) is 5.42. The highest BCUT2D eigenvalue weighted by molar-refractivity contribution is 5.81. The van der Waals surface area contributed by atoms with Crippen molar-refractivity contribution in [3.05, 3.63) is 35.9 Å². The summed E-state index contributed by atoms with van der Waals surface area (Å²) in [4.78, 5) is 22.4. The molecule has 0 aliphatic carbocycles. The van der Waals surface area contributed by atoms with Gasteiger partial charge in [-0.25, -0.2) is 0 Å². The Morgan fingerprint density at radius 1 is 1.33 bits per heavy atom. The molecule has 0 saturated carbocycles. The number of aliphatic carboxylic acids is 1. The van der Waals surface area contributed by atoms with Crippen LogP contribution in [0.3, 0.4) is 0 Å². The van der Waals surface area contributed by atoms with Gasteiger partial charge in [0.15, 0.2) is 0 Å². The van der Waals surface area contributed by atoms with Gasteiger partial charge in [-0.05, 0) is 25.3 Å². The number of aryl methyl sites for hydroxylation is 1. The lowest BCUT2D eigenvalue weighted by molar-refractivity contribution is -0.142. The minimum absolute atomic E-state index is 0.142. The van der Waals surface area contributed by atoms with Gasteiger partial charge in [-0.1, -0.05) is 30.3 Å². The van der Waals surface area contributed by atoms with Crippen LogP contribution in [0.4, 0.5) is 0 Å². The molecule has 0 aromatic heterocycles. The molecule has 0 saturated heterocycles. The minimum atomic E-state index is -1.49. The summed E-state index contributed by atoms with van der Waals surface area (Å²) in [6.45, 7) is 1.22. The minimum Gasteiger partial charge on any atom is -0.481 e. The van der Waals surface area contributed by atoms with Gasteiger partial charge in [0.1, 0.15) is 0 Å². The molecule has 0 bridgehead atoms. The number of benzene rings is 1. The summed E-state index contributed by atoms with van der Waals surface area (Å²) < 4.78 is 0. The second kappa shape index (κ2) is 7.75. The van der Waals surface area contributed by atoms with Gasteiger partial charge in [0.05, 0.1) is 18.1 Å². The van der Waals surface area contributed by atoms with Crippen molar-refractivity contribution in [1.29, 1.82) is 0 Å². The molecular weight excluding hydrogens is 272 g/mol.